The van der Waals surface area contributed by atoms with Crippen LogP contribution in [-0.2, 0) is 22.6 Å². The topological polar surface area (TPSA) is 89.3 Å². The molecule has 0 bridgehead atoms. The van der Waals surface area contributed by atoms with E-state index in [1.165, 1.54) is 36.4 Å². The maximum Gasteiger partial charge on any atom is 0.416 e. The lowest BCUT2D eigenvalue weighted by molar-refractivity contribution is -0.137. The van der Waals surface area contributed by atoms with E-state index < -0.39 is 27.7 Å². The number of amides is 1. The fourth-order valence-electron chi connectivity index (χ4n) is 2.88. The molecule has 0 heterocycles. The predicted molar refractivity (Wildman–Crippen MR) is 106 cm³/mol. The van der Waals surface area contributed by atoms with Crippen LogP contribution in [0.3, 0.4) is 0 Å². The van der Waals surface area contributed by atoms with Crippen LogP contribution < -0.4 is 10.5 Å². The van der Waals surface area contributed by atoms with Crippen molar-refractivity contribution >= 4 is 21.6 Å². The van der Waals surface area contributed by atoms with Gasteiger partial charge in [-0.25, -0.2) is 13.6 Å². The van der Waals surface area contributed by atoms with Gasteiger partial charge in [-0.05, 0) is 53.9 Å². The van der Waals surface area contributed by atoms with E-state index in [2.05, 4.69) is 5.32 Å². The van der Waals surface area contributed by atoms with Gasteiger partial charge in [0.2, 0.25) is 10.0 Å². The maximum absolute atomic E-state index is 12.7. The number of rotatable bonds is 5. The number of hydrogen-bond acceptors (Lipinski definition) is 3. The molecule has 0 saturated carbocycles. The highest BCUT2D eigenvalue weighted by molar-refractivity contribution is 7.89. The molecule has 9 heteroatoms. The summed E-state index contributed by atoms with van der Waals surface area (Å²) in [4.78, 5) is 12.6. The standard InChI is InChI=1S/C21H17F3N2O3S/c22-21(23,24)16-10-8-14(9-11-16)12-15-4-1-2-7-19(15)20(27)26-17-5-3-6-18(13-17)30(25,28)29/h1-11,13H,12H2,(H,26,27)(H2,25,28,29). The summed E-state index contributed by atoms with van der Waals surface area (Å²) in [5.41, 5.74) is 1.04. The van der Waals surface area contributed by atoms with Gasteiger partial charge in [0.05, 0.1) is 10.5 Å². The molecule has 30 heavy (non-hydrogen) atoms. The first kappa shape index (κ1) is 21.5. The van der Waals surface area contributed by atoms with Gasteiger partial charge in [0.1, 0.15) is 0 Å². The smallest absolute Gasteiger partial charge is 0.322 e. The largest absolute Gasteiger partial charge is 0.416 e. The van der Waals surface area contributed by atoms with Crippen LogP contribution in [0.2, 0.25) is 0 Å². The average molecular weight is 434 g/mol. The molecule has 5 nitrogen and oxygen atoms in total. The van der Waals surface area contributed by atoms with Crippen LogP contribution in [0.1, 0.15) is 27.0 Å². The Bertz CT molecular complexity index is 1170. The van der Waals surface area contributed by atoms with Gasteiger partial charge < -0.3 is 5.32 Å². The van der Waals surface area contributed by atoms with E-state index in [9.17, 15) is 26.4 Å². The van der Waals surface area contributed by atoms with Crippen LogP contribution in [0.5, 0.6) is 0 Å². The highest BCUT2D eigenvalue weighted by Crippen LogP contribution is 2.29. The molecule has 156 valence electrons. The number of alkyl halides is 3. The van der Waals surface area contributed by atoms with Crippen molar-refractivity contribution in [3.8, 4) is 0 Å². The third kappa shape index (κ3) is 5.25. The molecule has 0 aliphatic heterocycles. The zero-order chi connectivity index (χ0) is 21.9. The Morgan fingerprint density at radius 3 is 2.23 bits per heavy atom. The van der Waals surface area contributed by atoms with Crippen molar-refractivity contribution in [3.63, 3.8) is 0 Å². The molecule has 0 aromatic heterocycles. The van der Waals surface area contributed by atoms with Crippen LogP contribution >= 0.6 is 0 Å². The molecule has 3 rings (SSSR count). The Morgan fingerprint density at radius 2 is 1.60 bits per heavy atom. The Kier molecular flexibility index (Phi) is 5.95. The molecule has 3 aromatic rings. The number of primary sulfonamides is 1. The molecule has 0 saturated heterocycles. The number of halogens is 3. The molecule has 0 aliphatic rings. The predicted octanol–water partition coefficient (Wildman–Crippen LogP) is 4.20. The van der Waals surface area contributed by atoms with Gasteiger partial charge >= 0.3 is 6.18 Å². The monoisotopic (exact) mass is 434 g/mol. The first-order valence-corrected chi connectivity index (χ1v) is 10.3. The van der Waals surface area contributed by atoms with Crippen LogP contribution in [0.25, 0.3) is 0 Å². The summed E-state index contributed by atoms with van der Waals surface area (Å²) in [6.07, 6.45) is -4.17. The Morgan fingerprint density at radius 1 is 0.933 bits per heavy atom. The number of anilines is 1. The van der Waals surface area contributed by atoms with Gasteiger partial charge in [-0.2, -0.15) is 13.2 Å². The molecular weight excluding hydrogens is 417 g/mol. The van der Waals surface area contributed by atoms with Crippen LogP contribution in [0.15, 0.2) is 77.7 Å². The van der Waals surface area contributed by atoms with E-state index in [0.717, 1.165) is 12.1 Å². The number of nitrogens with two attached hydrogens (primary N) is 1. The zero-order valence-electron chi connectivity index (χ0n) is 15.5. The van der Waals surface area contributed by atoms with Crippen molar-refractivity contribution < 1.29 is 26.4 Å². The van der Waals surface area contributed by atoms with E-state index >= 15 is 0 Å². The van der Waals surface area contributed by atoms with Gasteiger partial charge in [-0.3, -0.25) is 4.79 Å². The molecule has 3 N–H and O–H groups in total. The van der Waals surface area contributed by atoms with Crippen molar-refractivity contribution in [2.45, 2.75) is 17.5 Å². The third-order valence-electron chi connectivity index (χ3n) is 4.36. The Hall–Kier alpha value is -3.17. The maximum atomic E-state index is 12.7. The summed E-state index contributed by atoms with van der Waals surface area (Å²) in [6, 6.07) is 16.9. The molecule has 3 aromatic carbocycles. The quantitative estimate of drug-likeness (QED) is 0.631. The van der Waals surface area contributed by atoms with Crippen LogP contribution in [-0.4, -0.2) is 14.3 Å². The second kappa shape index (κ2) is 8.29. The summed E-state index contributed by atoms with van der Waals surface area (Å²) >= 11 is 0. The number of sulfonamides is 1. The number of hydrogen-bond donors (Lipinski definition) is 2. The molecule has 0 spiro atoms. The summed E-state index contributed by atoms with van der Waals surface area (Å²) in [7, 11) is -3.92. The van der Waals surface area contributed by atoms with Crippen molar-refractivity contribution in [3.05, 3.63) is 95.1 Å². The fourth-order valence-corrected chi connectivity index (χ4v) is 3.44. The van der Waals surface area contributed by atoms with Crippen molar-refractivity contribution in [1.82, 2.24) is 0 Å². The summed E-state index contributed by atoms with van der Waals surface area (Å²) in [6.45, 7) is 0. The Balaban J connectivity index is 1.82. The second-order valence-corrected chi connectivity index (χ2v) is 8.12. The number of nitrogens with one attached hydrogen (secondary N) is 1. The number of carbonyl (C=O) groups excluding carboxylic acids is 1. The van der Waals surface area contributed by atoms with Gasteiger partial charge in [0, 0.05) is 11.3 Å². The molecule has 0 fully saturated rings. The van der Waals surface area contributed by atoms with E-state index in [1.807, 2.05) is 0 Å². The minimum Gasteiger partial charge on any atom is -0.322 e. The van der Waals surface area contributed by atoms with E-state index in [-0.39, 0.29) is 17.0 Å². The number of benzene rings is 3. The highest BCUT2D eigenvalue weighted by atomic mass is 32.2. The van der Waals surface area contributed by atoms with Crippen molar-refractivity contribution in [2.24, 2.45) is 5.14 Å². The Labute approximate surface area is 171 Å². The normalized spacial score (nSPS) is 11.9. The van der Waals surface area contributed by atoms with Crippen LogP contribution in [0.4, 0.5) is 18.9 Å². The zero-order valence-corrected chi connectivity index (χ0v) is 16.3. The lowest BCUT2D eigenvalue weighted by Gasteiger charge is -2.12. The SMILES string of the molecule is NS(=O)(=O)c1cccc(NC(=O)c2ccccc2Cc2ccc(C(F)(F)F)cc2)c1. The average Bonchev–Trinajstić information content (AvgIpc) is 2.67. The molecular formula is C21H17F3N2O3S. The molecule has 1 amide bonds. The molecule has 0 radical (unpaired) electrons. The molecule has 0 aliphatic carbocycles. The minimum atomic E-state index is -4.41. The highest BCUT2D eigenvalue weighted by Gasteiger charge is 2.29. The van der Waals surface area contributed by atoms with E-state index in [1.54, 1.807) is 24.3 Å². The fraction of sp³-hybridized carbons (Fsp3) is 0.0952. The van der Waals surface area contributed by atoms with E-state index in [0.29, 0.717) is 16.7 Å². The second-order valence-electron chi connectivity index (χ2n) is 6.56. The van der Waals surface area contributed by atoms with Gasteiger partial charge in [0.15, 0.2) is 0 Å². The van der Waals surface area contributed by atoms with Gasteiger partial charge in [0.25, 0.3) is 5.91 Å². The lowest BCUT2D eigenvalue weighted by atomic mass is 9.98. The first-order valence-electron chi connectivity index (χ1n) is 8.72. The van der Waals surface area contributed by atoms with E-state index in [4.69, 9.17) is 5.14 Å². The van der Waals surface area contributed by atoms with Gasteiger partial charge in [-0.1, -0.05) is 36.4 Å². The third-order valence-corrected chi connectivity index (χ3v) is 5.27. The molecule has 0 unspecified atom stereocenters. The summed E-state index contributed by atoms with van der Waals surface area (Å²) in [5, 5.41) is 7.72. The molecule has 0 atom stereocenters. The summed E-state index contributed by atoms with van der Waals surface area (Å²) < 4.78 is 61.1. The van der Waals surface area contributed by atoms with Crippen molar-refractivity contribution in [2.75, 3.05) is 5.32 Å². The first-order chi connectivity index (χ1) is 14.0. The van der Waals surface area contributed by atoms with Crippen LogP contribution in [0, 0.1) is 0 Å². The van der Waals surface area contributed by atoms with Gasteiger partial charge in [-0.15, -0.1) is 0 Å². The van der Waals surface area contributed by atoms with Crippen molar-refractivity contribution in [1.29, 1.82) is 0 Å². The summed E-state index contributed by atoms with van der Waals surface area (Å²) in [5.74, 6) is -0.482. The minimum absolute atomic E-state index is 0.140. The lowest BCUT2D eigenvalue weighted by Crippen LogP contribution is -2.16. The number of carbonyl (C=O) groups is 1.